The summed E-state index contributed by atoms with van der Waals surface area (Å²) in [7, 11) is 0. The first-order valence-electron chi connectivity index (χ1n) is 2.96. The molecule has 0 saturated heterocycles. The summed E-state index contributed by atoms with van der Waals surface area (Å²) in [5.74, 6) is 0. The maximum atomic E-state index is 3.26. The van der Waals surface area contributed by atoms with Gasteiger partial charge in [0.25, 0.3) is 0 Å². The van der Waals surface area contributed by atoms with Gasteiger partial charge in [-0.2, -0.15) is 5.57 Å². The Balaban J connectivity index is -0.000000213. The van der Waals surface area contributed by atoms with Gasteiger partial charge < -0.3 is 24.8 Å². The molecule has 0 N–H and O–H groups in total. The molecule has 3 heteroatoms. The molecule has 0 aromatic carbocycles. The minimum atomic E-state index is 0. The fourth-order valence-corrected chi connectivity index (χ4v) is 1.00. The van der Waals surface area contributed by atoms with Crippen LogP contribution < -0.4 is 24.8 Å². The van der Waals surface area contributed by atoms with Crippen molar-refractivity contribution in [2.75, 3.05) is 0 Å². The number of rotatable bonds is 0. The molecule has 61 valence electrons. The van der Waals surface area contributed by atoms with E-state index in [0.717, 1.165) is 6.42 Å². The molecule has 0 aromatic heterocycles. The van der Waals surface area contributed by atoms with Crippen molar-refractivity contribution in [2.24, 2.45) is 0 Å². The number of allylic oxidation sites excluding steroid dienone is 4. The predicted octanol–water partition coefficient (Wildman–Crippen LogP) is -3.52. The van der Waals surface area contributed by atoms with Gasteiger partial charge in [0.2, 0.25) is 0 Å². The summed E-state index contributed by atoms with van der Waals surface area (Å²) in [6, 6.07) is 0. The Labute approximate surface area is 96.2 Å². The van der Waals surface area contributed by atoms with Crippen molar-refractivity contribution in [1.29, 1.82) is 0 Å². The number of hydrogen-bond donors (Lipinski definition) is 0. The van der Waals surface area contributed by atoms with Gasteiger partial charge in [-0.1, -0.05) is 20.3 Å². The summed E-state index contributed by atoms with van der Waals surface area (Å²) in [4.78, 5) is 0. The minimum absolute atomic E-state index is 0. The molecule has 0 bridgehead atoms. The van der Waals surface area contributed by atoms with E-state index >= 15 is 0 Å². The molecule has 1 radical (unpaired) electrons. The Morgan fingerprint density at radius 3 is 1.64 bits per heavy atom. The molecule has 0 aliphatic heterocycles. The first-order chi connectivity index (χ1) is 3.70. The Hall–Kier alpha value is 0.774. The first kappa shape index (κ1) is 17.8. The van der Waals surface area contributed by atoms with Crippen LogP contribution in [0.25, 0.3) is 0 Å². The number of halogens is 2. The van der Waals surface area contributed by atoms with E-state index < -0.39 is 0 Å². The standard InChI is InChI=1S/C8H11.2ClH.Ti/c1-6-4-7(2)8(3)5-6;;;/h4H2,1-3H3;2*1H;/q-1;;;+3/p-2. The zero-order valence-corrected chi connectivity index (χ0v) is 10.0. The van der Waals surface area contributed by atoms with Crippen molar-refractivity contribution in [3.8, 4) is 0 Å². The van der Waals surface area contributed by atoms with Crippen LogP contribution in [0.2, 0.25) is 0 Å². The molecule has 0 saturated carbocycles. The van der Waals surface area contributed by atoms with E-state index in [9.17, 15) is 0 Å². The van der Waals surface area contributed by atoms with Crippen LogP contribution in [0.15, 0.2) is 16.7 Å². The summed E-state index contributed by atoms with van der Waals surface area (Å²) >= 11 is 0. The van der Waals surface area contributed by atoms with E-state index in [2.05, 4.69) is 26.8 Å². The van der Waals surface area contributed by atoms with Crippen LogP contribution >= 0.6 is 0 Å². The van der Waals surface area contributed by atoms with Crippen LogP contribution in [0, 0.1) is 6.08 Å². The molecule has 0 fully saturated rings. The van der Waals surface area contributed by atoms with Crippen molar-refractivity contribution < 1.29 is 46.5 Å². The van der Waals surface area contributed by atoms with E-state index in [4.69, 9.17) is 0 Å². The van der Waals surface area contributed by atoms with Crippen molar-refractivity contribution in [1.82, 2.24) is 0 Å². The van der Waals surface area contributed by atoms with Gasteiger partial charge in [0.05, 0.1) is 0 Å². The van der Waals surface area contributed by atoms with Crippen LogP contribution in [0.1, 0.15) is 27.2 Å². The topological polar surface area (TPSA) is 0 Å². The second-order valence-corrected chi connectivity index (χ2v) is 2.49. The van der Waals surface area contributed by atoms with Crippen LogP contribution in [-0.4, -0.2) is 0 Å². The van der Waals surface area contributed by atoms with Crippen LogP contribution in [0.3, 0.4) is 0 Å². The van der Waals surface area contributed by atoms with Gasteiger partial charge in [-0.15, -0.1) is 6.92 Å². The molecule has 1 rings (SSSR count). The summed E-state index contributed by atoms with van der Waals surface area (Å²) < 4.78 is 0. The molecular weight excluding hydrogens is 215 g/mol. The average Bonchev–Trinajstić information content (AvgIpc) is 1.85. The van der Waals surface area contributed by atoms with Crippen molar-refractivity contribution in [2.45, 2.75) is 27.2 Å². The Morgan fingerprint density at radius 2 is 1.55 bits per heavy atom. The third-order valence-corrected chi connectivity index (χ3v) is 1.57. The quantitative estimate of drug-likeness (QED) is 0.297. The maximum Gasteiger partial charge on any atom is 3.00 e. The predicted molar refractivity (Wildman–Crippen MR) is 35.4 cm³/mol. The summed E-state index contributed by atoms with van der Waals surface area (Å²) in [6.45, 7) is 6.41. The van der Waals surface area contributed by atoms with Crippen molar-refractivity contribution in [3.05, 3.63) is 22.8 Å². The molecule has 0 spiro atoms. The zero-order chi connectivity index (χ0) is 6.15. The van der Waals surface area contributed by atoms with E-state index in [0.29, 0.717) is 0 Å². The van der Waals surface area contributed by atoms with Crippen LogP contribution in [0.5, 0.6) is 0 Å². The molecule has 0 nitrogen and oxygen atoms in total. The molecule has 0 unspecified atom stereocenters. The first-order valence-corrected chi connectivity index (χ1v) is 2.96. The van der Waals surface area contributed by atoms with Gasteiger partial charge in [0, 0.05) is 0 Å². The third-order valence-electron chi connectivity index (χ3n) is 1.57. The molecular formula is C8H11Cl2Ti. The van der Waals surface area contributed by atoms with Gasteiger partial charge in [-0.25, -0.2) is 17.2 Å². The van der Waals surface area contributed by atoms with Gasteiger partial charge in [-0.05, 0) is 0 Å². The van der Waals surface area contributed by atoms with Gasteiger partial charge in [-0.3, -0.25) is 0 Å². The molecule has 0 atom stereocenters. The second-order valence-electron chi connectivity index (χ2n) is 2.49. The third kappa shape index (κ3) is 5.08. The fraction of sp³-hybridized carbons (Fsp3) is 0.500. The fourth-order valence-electron chi connectivity index (χ4n) is 1.00. The largest absolute Gasteiger partial charge is 3.00 e. The maximum absolute atomic E-state index is 3.26. The molecule has 0 aromatic rings. The Kier molecular flexibility index (Phi) is 12.0. The average molecular weight is 226 g/mol. The van der Waals surface area contributed by atoms with Crippen LogP contribution in [0.4, 0.5) is 0 Å². The van der Waals surface area contributed by atoms with Gasteiger partial charge >= 0.3 is 21.7 Å². The molecule has 11 heavy (non-hydrogen) atoms. The molecule has 1 aliphatic carbocycles. The smallest absolute Gasteiger partial charge is 1.00 e. The van der Waals surface area contributed by atoms with Crippen molar-refractivity contribution >= 4 is 0 Å². The van der Waals surface area contributed by atoms with Gasteiger partial charge in [0.15, 0.2) is 0 Å². The number of hydrogen-bond acceptors (Lipinski definition) is 0. The molecule has 0 heterocycles. The van der Waals surface area contributed by atoms with Crippen molar-refractivity contribution in [3.63, 3.8) is 0 Å². The van der Waals surface area contributed by atoms with E-state index in [1.54, 1.807) is 0 Å². The van der Waals surface area contributed by atoms with E-state index in [1.165, 1.54) is 16.7 Å². The summed E-state index contributed by atoms with van der Waals surface area (Å²) in [5.41, 5.74) is 4.19. The monoisotopic (exact) mass is 225 g/mol. The second kappa shape index (κ2) is 7.42. The normalized spacial score (nSPS) is 14.3. The zero-order valence-electron chi connectivity index (χ0n) is 6.96. The Bertz CT molecular complexity index is 171. The minimum Gasteiger partial charge on any atom is -1.00 e. The van der Waals surface area contributed by atoms with E-state index in [-0.39, 0.29) is 46.5 Å². The van der Waals surface area contributed by atoms with Crippen LogP contribution in [-0.2, 0) is 21.7 Å². The van der Waals surface area contributed by atoms with Gasteiger partial charge in [0.1, 0.15) is 0 Å². The summed E-state index contributed by atoms with van der Waals surface area (Å²) in [6.07, 6.45) is 4.41. The Morgan fingerprint density at radius 1 is 1.09 bits per heavy atom. The SMILES string of the molecule is CC1=[C-]C(C)=C(C)C1.[Cl-].[Cl-].[Ti+3]. The van der Waals surface area contributed by atoms with E-state index in [1.807, 2.05) is 0 Å². The summed E-state index contributed by atoms with van der Waals surface area (Å²) in [5, 5.41) is 0. The molecule has 0 amide bonds. The molecule has 1 aliphatic rings.